The van der Waals surface area contributed by atoms with Crippen LogP contribution >= 0.6 is 0 Å². The van der Waals surface area contributed by atoms with Crippen LogP contribution in [-0.4, -0.2) is 46.6 Å². The molecule has 0 aromatic heterocycles. The number of ether oxygens (including phenoxy) is 4. The van der Waals surface area contributed by atoms with E-state index in [0.29, 0.717) is 32.2 Å². The molecule has 0 bridgehead atoms. The number of hydrogen-bond donors (Lipinski definition) is 0. The smallest absolute Gasteiger partial charge is 0.330 e. The molecule has 0 radical (unpaired) electrons. The highest BCUT2D eigenvalue weighted by Crippen LogP contribution is 2.19. The Bertz CT molecular complexity index is 428. The minimum absolute atomic E-state index is 0.400. The van der Waals surface area contributed by atoms with E-state index in [0.717, 1.165) is 5.56 Å². The SMILES string of the molecule is COCCOCCOc1ccccc1/C=C/C(=O)OC. The zero-order chi connectivity index (χ0) is 14.6. The molecule has 0 atom stereocenters. The first-order valence-electron chi connectivity index (χ1n) is 6.32. The van der Waals surface area contributed by atoms with Crippen LogP contribution in [0, 0.1) is 0 Å². The van der Waals surface area contributed by atoms with Gasteiger partial charge in [0.15, 0.2) is 0 Å². The fourth-order valence-corrected chi connectivity index (χ4v) is 1.43. The van der Waals surface area contributed by atoms with Gasteiger partial charge in [0.1, 0.15) is 12.4 Å². The van der Waals surface area contributed by atoms with Crippen molar-refractivity contribution < 1.29 is 23.7 Å². The third kappa shape index (κ3) is 6.36. The number of esters is 1. The Hall–Kier alpha value is -1.85. The van der Waals surface area contributed by atoms with Crippen LogP contribution in [0.15, 0.2) is 30.3 Å². The predicted octanol–water partition coefficient (Wildman–Crippen LogP) is 1.91. The Morgan fingerprint density at radius 2 is 1.85 bits per heavy atom. The molecule has 0 unspecified atom stereocenters. The second kappa shape index (κ2) is 10.00. The standard InChI is InChI=1S/C15H20O5/c1-17-9-10-19-11-12-20-14-6-4-3-5-13(14)7-8-15(16)18-2/h3-8H,9-12H2,1-2H3/b8-7+. The Labute approximate surface area is 119 Å². The Balaban J connectivity index is 2.45. The first kappa shape index (κ1) is 16.2. The number of carbonyl (C=O) groups excluding carboxylic acids is 1. The highest BCUT2D eigenvalue weighted by Gasteiger charge is 2.01. The van der Waals surface area contributed by atoms with Crippen molar-refractivity contribution in [2.45, 2.75) is 0 Å². The number of methoxy groups -OCH3 is 2. The van der Waals surface area contributed by atoms with E-state index < -0.39 is 5.97 Å². The van der Waals surface area contributed by atoms with E-state index in [1.807, 2.05) is 24.3 Å². The molecule has 0 aliphatic heterocycles. The van der Waals surface area contributed by atoms with Gasteiger partial charge in [0.05, 0.1) is 26.9 Å². The molecule has 0 N–H and O–H groups in total. The van der Waals surface area contributed by atoms with Gasteiger partial charge in [0.25, 0.3) is 0 Å². The molecule has 0 fully saturated rings. The molecule has 1 aromatic carbocycles. The highest BCUT2D eigenvalue weighted by molar-refractivity contribution is 5.87. The van der Waals surface area contributed by atoms with E-state index in [1.165, 1.54) is 13.2 Å². The molecule has 110 valence electrons. The van der Waals surface area contributed by atoms with Gasteiger partial charge in [-0.15, -0.1) is 0 Å². The van der Waals surface area contributed by atoms with E-state index in [1.54, 1.807) is 13.2 Å². The second-order valence-corrected chi connectivity index (χ2v) is 3.85. The summed E-state index contributed by atoms with van der Waals surface area (Å²) in [4.78, 5) is 11.1. The molecule has 20 heavy (non-hydrogen) atoms. The quantitative estimate of drug-likeness (QED) is 0.393. The first-order chi connectivity index (χ1) is 9.77. The fourth-order valence-electron chi connectivity index (χ4n) is 1.43. The average molecular weight is 280 g/mol. The van der Waals surface area contributed by atoms with Crippen LogP contribution in [0.3, 0.4) is 0 Å². The summed E-state index contributed by atoms with van der Waals surface area (Å²) in [6, 6.07) is 7.45. The topological polar surface area (TPSA) is 54.0 Å². The van der Waals surface area contributed by atoms with Crippen molar-refractivity contribution in [3.8, 4) is 5.75 Å². The number of carbonyl (C=O) groups is 1. The van der Waals surface area contributed by atoms with Crippen molar-refractivity contribution in [3.05, 3.63) is 35.9 Å². The zero-order valence-corrected chi connectivity index (χ0v) is 11.8. The Kier molecular flexibility index (Phi) is 8.10. The molecule has 0 spiro atoms. The first-order valence-corrected chi connectivity index (χ1v) is 6.32. The van der Waals surface area contributed by atoms with Gasteiger partial charge in [-0.3, -0.25) is 0 Å². The van der Waals surface area contributed by atoms with Crippen molar-refractivity contribution in [1.29, 1.82) is 0 Å². The summed E-state index contributed by atoms with van der Waals surface area (Å²) < 4.78 is 20.3. The third-order valence-corrected chi connectivity index (χ3v) is 2.44. The lowest BCUT2D eigenvalue weighted by Gasteiger charge is -2.09. The molecule has 0 amide bonds. The zero-order valence-electron chi connectivity index (χ0n) is 11.8. The van der Waals surface area contributed by atoms with Crippen LogP contribution in [0.25, 0.3) is 6.08 Å². The fraction of sp³-hybridized carbons (Fsp3) is 0.400. The normalized spacial score (nSPS) is 10.7. The average Bonchev–Trinajstić information content (AvgIpc) is 2.49. The van der Waals surface area contributed by atoms with E-state index >= 15 is 0 Å². The maximum Gasteiger partial charge on any atom is 0.330 e. The Morgan fingerprint density at radius 1 is 1.10 bits per heavy atom. The minimum Gasteiger partial charge on any atom is -0.491 e. The molecular weight excluding hydrogens is 260 g/mol. The molecule has 0 aliphatic rings. The summed E-state index contributed by atoms with van der Waals surface area (Å²) in [6.45, 7) is 2.04. The van der Waals surface area contributed by atoms with Gasteiger partial charge < -0.3 is 18.9 Å². The van der Waals surface area contributed by atoms with Crippen molar-refractivity contribution in [3.63, 3.8) is 0 Å². The molecule has 5 nitrogen and oxygen atoms in total. The molecule has 1 aromatic rings. The summed E-state index contributed by atoms with van der Waals surface area (Å²) in [5, 5.41) is 0. The summed E-state index contributed by atoms with van der Waals surface area (Å²) in [7, 11) is 2.97. The van der Waals surface area contributed by atoms with Crippen LogP contribution in [0.2, 0.25) is 0 Å². The number of para-hydroxylation sites is 1. The number of hydrogen-bond acceptors (Lipinski definition) is 5. The van der Waals surface area contributed by atoms with Gasteiger partial charge in [0, 0.05) is 18.7 Å². The third-order valence-electron chi connectivity index (χ3n) is 2.44. The molecule has 0 aliphatic carbocycles. The van der Waals surface area contributed by atoms with Crippen molar-refractivity contribution in [2.24, 2.45) is 0 Å². The summed E-state index contributed by atoms with van der Waals surface area (Å²) in [5.41, 5.74) is 0.815. The van der Waals surface area contributed by atoms with Gasteiger partial charge >= 0.3 is 5.97 Å². The van der Waals surface area contributed by atoms with E-state index in [9.17, 15) is 4.79 Å². The highest BCUT2D eigenvalue weighted by atomic mass is 16.5. The van der Waals surface area contributed by atoms with E-state index in [2.05, 4.69) is 4.74 Å². The lowest BCUT2D eigenvalue weighted by molar-refractivity contribution is -0.134. The maximum atomic E-state index is 11.1. The number of rotatable bonds is 9. The summed E-state index contributed by atoms with van der Waals surface area (Å²) in [5.74, 6) is 0.297. The lowest BCUT2D eigenvalue weighted by atomic mass is 10.2. The molecule has 5 heteroatoms. The predicted molar refractivity (Wildman–Crippen MR) is 75.7 cm³/mol. The molecule has 0 heterocycles. The molecule has 0 saturated heterocycles. The van der Waals surface area contributed by atoms with Gasteiger partial charge in [-0.25, -0.2) is 4.79 Å². The van der Waals surface area contributed by atoms with Crippen molar-refractivity contribution in [2.75, 3.05) is 40.6 Å². The minimum atomic E-state index is -0.400. The van der Waals surface area contributed by atoms with Gasteiger partial charge in [-0.2, -0.15) is 0 Å². The monoisotopic (exact) mass is 280 g/mol. The largest absolute Gasteiger partial charge is 0.491 e. The summed E-state index contributed by atoms with van der Waals surface area (Å²) >= 11 is 0. The van der Waals surface area contributed by atoms with Crippen LogP contribution < -0.4 is 4.74 Å². The van der Waals surface area contributed by atoms with Crippen molar-refractivity contribution in [1.82, 2.24) is 0 Å². The van der Waals surface area contributed by atoms with Gasteiger partial charge in [-0.1, -0.05) is 18.2 Å². The van der Waals surface area contributed by atoms with E-state index in [-0.39, 0.29) is 0 Å². The Morgan fingerprint density at radius 3 is 2.60 bits per heavy atom. The van der Waals surface area contributed by atoms with Crippen LogP contribution in [0.1, 0.15) is 5.56 Å². The second-order valence-electron chi connectivity index (χ2n) is 3.85. The lowest BCUT2D eigenvalue weighted by Crippen LogP contribution is -2.10. The molecular formula is C15H20O5. The summed E-state index contributed by atoms with van der Waals surface area (Å²) in [6.07, 6.45) is 3.02. The molecule has 0 saturated carbocycles. The maximum absolute atomic E-state index is 11.1. The van der Waals surface area contributed by atoms with Gasteiger partial charge in [-0.05, 0) is 12.1 Å². The van der Waals surface area contributed by atoms with Crippen LogP contribution in [0.4, 0.5) is 0 Å². The van der Waals surface area contributed by atoms with E-state index in [4.69, 9.17) is 14.2 Å². The number of benzene rings is 1. The van der Waals surface area contributed by atoms with Crippen LogP contribution in [-0.2, 0) is 19.0 Å². The van der Waals surface area contributed by atoms with Crippen molar-refractivity contribution >= 4 is 12.0 Å². The molecule has 1 rings (SSSR count). The van der Waals surface area contributed by atoms with Gasteiger partial charge in [0.2, 0.25) is 0 Å². The van der Waals surface area contributed by atoms with Crippen LogP contribution in [0.5, 0.6) is 5.75 Å².